The summed E-state index contributed by atoms with van der Waals surface area (Å²) in [7, 11) is 0. The minimum atomic E-state index is -0.473. The van der Waals surface area contributed by atoms with Crippen molar-refractivity contribution in [2.45, 2.75) is 20.8 Å². The Morgan fingerprint density at radius 3 is 2.44 bits per heavy atom. The van der Waals surface area contributed by atoms with Crippen molar-refractivity contribution in [2.75, 3.05) is 19.8 Å². The molecular weight excluding hydrogens is 512 g/mol. The molecule has 1 amide bonds. The predicted molar refractivity (Wildman–Crippen MR) is 155 cm³/mol. The smallest absolute Gasteiger partial charge is 0.283 e. The van der Waals surface area contributed by atoms with Crippen LogP contribution in [0, 0.1) is 26.2 Å². The molecule has 198 valence electrons. The van der Waals surface area contributed by atoms with E-state index in [1.807, 2.05) is 81.4 Å². The van der Waals surface area contributed by atoms with Gasteiger partial charge in [0.2, 0.25) is 5.17 Å². The van der Waals surface area contributed by atoms with Crippen molar-refractivity contribution < 1.29 is 19.0 Å². The molecule has 0 aliphatic carbocycles. The molecule has 2 aliphatic heterocycles. The van der Waals surface area contributed by atoms with Gasteiger partial charge in [0.25, 0.3) is 5.91 Å². The number of aliphatic imine (C=N–C) groups is 1. The van der Waals surface area contributed by atoms with Crippen LogP contribution in [0.15, 0.2) is 82.4 Å². The standard InChI is InChI=1S/C30H28N4O4S/c1-19-8-9-21(3)26(16-19)37-15-14-36-23-12-10-22(11-13-23)17-24-28(31)34-30(32-29(24)35)39-27(33-34)18-38-25-7-5-4-6-20(25)2/h4-13,16-17,31H,14-15,18H2,1-3H3. The van der Waals surface area contributed by atoms with Gasteiger partial charge in [-0.05, 0) is 85.1 Å². The normalized spacial score (nSPS) is 15.7. The Bertz CT molecular complexity index is 1510. The summed E-state index contributed by atoms with van der Waals surface area (Å²) >= 11 is 1.23. The number of hydrogen-bond acceptors (Lipinski definition) is 7. The molecule has 5 rings (SSSR count). The molecule has 3 aromatic carbocycles. The number of nitrogens with zero attached hydrogens (tertiary/aromatic N) is 3. The number of fused-ring (bicyclic) bond motifs is 1. The highest BCUT2D eigenvalue weighted by molar-refractivity contribution is 8.27. The first-order valence-electron chi connectivity index (χ1n) is 12.5. The molecule has 0 aromatic heterocycles. The second-order valence-electron chi connectivity index (χ2n) is 9.10. The van der Waals surface area contributed by atoms with Crippen molar-refractivity contribution in [3.8, 4) is 17.2 Å². The van der Waals surface area contributed by atoms with Crippen molar-refractivity contribution >= 4 is 39.8 Å². The Morgan fingerprint density at radius 1 is 0.897 bits per heavy atom. The van der Waals surface area contributed by atoms with Gasteiger partial charge in [0.1, 0.15) is 42.1 Å². The van der Waals surface area contributed by atoms with Gasteiger partial charge >= 0.3 is 0 Å². The summed E-state index contributed by atoms with van der Waals surface area (Å²) in [4.78, 5) is 16.9. The maximum absolute atomic E-state index is 12.7. The minimum absolute atomic E-state index is 0.0210. The molecule has 8 nitrogen and oxygen atoms in total. The van der Waals surface area contributed by atoms with E-state index in [9.17, 15) is 4.79 Å². The quantitative estimate of drug-likeness (QED) is 0.274. The van der Waals surface area contributed by atoms with Crippen LogP contribution in [0.1, 0.15) is 22.3 Å². The van der Waals surface area contributed by atoms with Gasteiger partial charge in [0, 0.05) is 0 Å². The summed E-state index contributed by atoms with van der Waals surface area (Å²) < 4.78 is 17.5. The number of carbonyl (C=O) groups excluding carboxylic acids is 1. The van der Waals surface area contributed by atoms with E-state index in [0.717, 1.165) is 33.8 Å². The van der Waals surface area contributed by atoms with Gasteiger partial charge in [-0.2, -0.15) is 15.1 Å². The van der Waals surface area contributed by atoms with Crippen LogP contribution in [0.5, 0.6) is 17.2 Å². The first-order chi connectivity index (χ1) is 18.9. The van der Waals surface area contributed by atoms with E-state index in [4.69, 9.17) is 19.6 Å². The van der Waals surface area contributed by atoms with E-state index in [0.29, 0.717) is 29.2 Å². The third-order valence-corrected chi connectivity index (χ3v) is 6.97. The Morgan fingerprint density at radius 2 is 1.64 bits per heavy atom. The van der Waals surface area contributed by atoms with Crippen LogP contribution in [-0.4, -0.2) is 46.8 Å². The number of hydrogen-bond donors (Lipinski definition) is 1. The highest BCUT2D eigenvalue weighted by atomic mass is 32.2. The number of thioether (sulfide) groups is 1. The zero-order chi connectivity index (χ0) is 27.4. The van der Waals surface area contributed by atoms with E-state index in [2.05, 4.69) is 16.2 Å². The second-order valence-corrected chi connectivity index (χ2v) is 10.1. The highest BCUT2D eigenvalue weighted by Gasteiger charge is 2.35. The highest BCUT2D eigenvalue weighted by Crippen LogP contribution is 2.29. The Hall–Kier alpha value is -4.37. The first-order valence-corrected chi connectivity index (χ1v) is 13.3. The molecule has 2 aliphatic rings. The molecule has 3 aromatic rings. The number of ether oxygens (including phenoxy) is 3. The van der Waals surface area contributed by atoms with Crippen LogP contribution in [0.3, 0.4) is 0 Å². The molecule has 0 saturated heterocycles. The average molecular weight is 541 g/mol. The fourth-order valence-corrected chi connectivity index (χ4v) is 4.75. The number of nitrogens with one attached hydrogen (secondary N) is 1. The third-order valence-electron chi connectivity index (χ3n) is 6.09. The Labute approximate surface area is 231 Å². The zero-order valence-corrected chi connectivity index (χ0v) is 22.7. The van der Waals surface area contributed by atoms with E-state index < -0.39 is 5.91 Å². The molecule has 0 fully saturated rings. The van der Waals surface area contributed by atoms with Gasteiger partial charge < -0.3 is 14.2 Å². The number of carbonyl (C=O) groups is 1. The van der Waals surface area contributed by atoms with Crippen LogP contribution >= 0.6 is 11.8 Å². The third kappa shape index (κ3) is 6.21. The van der Waals surface area contributed by atoms with Crippen LogP contribution in [0.4, 0.5) is 0 Å². The van der Waals surface area contributed by atoms with Crippen LogP contribution in [0.2, 0.25) is 0 Å². The molecule has 1 N–H and O–H groups in total. The average Bonchev–Trinajstić information content (AvgIpc) is 3.34. The van der Waals surface area contributed by atoms with Crippen molar-refractivity contribution in [3.63, 3.8) is 0 Å². The largest absolute Gasteiger partial charge is 0.490 e. The molecule has 9 heteroatoms. The number of hydrazone groups is 1. The van der Waals surface area contributed by atoms with Gasteiger partial charge in [-0.15, -0.1) is 0 Å². The topological polar surface area (TPSA) is 96.6 Å². The molecular formula is C30H28N4O4S. The molecule has 0 atom stereocenters. The van der Waals surface area contributed by atoms with Crippen molar-refractivity contribution in [2.24, 2.45) is 10.1 Å². The lowest BCUT2D eigenvalue weighted by atomic mass is 10.1. The number of para-hydroxylation sites is 1. The molecule has 0 bridgehead atoms. The lowest BCUT2D eigenvalue weighted by Crippen LogP contribution is -2.35. The first kappa shape index (κ1) is 26.2. The molecule has 0 spiro atoms. The van der Waals surface area contributed by atoms with Gasteiger partial charge in [-0.1, -0.05) is 42.5 Å². The fraction of sp³-hybridized carbons (Fsp3) is 0.200. The summed E-state index contributed by atoms with van der Waals surface area (Å²) in [5.74, 6) is 1.82. The maximum atomic E-state index is 12.7. The van der Waals surface area contributed by atoms with E-state index in [1.54, 1.807) is 6.08 Å². The molecule has 39 heavy (non-hydrogen) atoms. The maximum Gasteiger partial charge on any atom is 0.283 e. The lowest BCUT2D eigenvalue weighted by Gasteiger charge is -2.20. The second kappa shape index (κ2) is 11.6. The minimum Gasteiger partial charge on any atom is -0.490 e. The van der Waals surface area contributed by atoms with Gasteiger partial charge in [0.05, 0.1) is 5.57 Å². The summed E-state index contributed by atoms with van der Waals surface area (Å²) in [5.41, 5.74) is 4.17. The number of benzene rings is 3. The van der Waals surface area contributed by atoms with Gasteiger partial charge in [-0.3, -0.25) is 10.2 Å². The fourth-order valence-electron chi connectivity index (χ4n) is 3.95. The summed E-state index contributed by atoms with van der Waals surface area (Å²) in [5, 5.41) is 15.4. The number of aryl methyl sites for hydroxylation is 3. The monoisotopic (exact) mass is 540 g/mol. The number of rotatable bonds is 9. The van der Waals surface area contributed by atoms with E-state index in [-0.39, 0.29) is 18.0 Å². The lowest BCUT2D eigenvalue weighted by molar-refractivity contribution is -0.114. The van der Waals surface area contributed by atoms with Gasteiger partial charge in [-0.25, -0.2) is 0 Å². The van der Waals surface area contributed by atoms with Crippen molar-refractivity contribution in [1.29, 1.82) is 5.41 Å². The SMILES string of the molecule is Cc1ccc(C)c(OCCOc2ccc(C=C3C(=N)N4N=C(COc5ccccc5C)SC4=NC3=O)cc2)c1. The number of amides is 1. The Kier molecular flexibility index (Phi) is 7.79. The zero-order valence-electron chi connectivity index (χ0n) is 21.9. The summed E-state index contributed by atoms with van der Waals surface area (Å²) in [6, 6.07) is 21.1. The van der Waals surface area contributed by atoms with Crippen LogP contribution < -0.4 is 14.2 Å². The predicted octanol–water partition coefficient (Wildman–Crippen LogP) is 5.77. The van der Waals surface area contributed by atoms with Crippen molar-refractivity contribution in [1.82, 2.24) is 5.01 Å². The van der Waals surface area contributed by atoms with E-state index in [1.165, 1.54) is 16.8 Å². The van der Waals surface area contributed by atoms with Crippen molar-refractivity contribution in [3.05, 3.63) is 94.6 Å². The summed E-state index contributed by atoms with van der Waals surface area (Å²) in [6.45, 7) is 7.07. The summed E-state index contributed by atoms with van der Waals surface area (Å²) in [6.07, 6.45) is 1.64. The molecule has 0 unspecified atom stereocenters. The van der Waals surface area contributed by atoms with E-state index >= 15 is 0 Å². The molecule has 2 heterocycles. The molecule has 0 saturated carbocycles. The Balaban J connectivity index is 1.18. The molecule has 0 radical (unpaired) electrons. The number of amidine groups is 2. The van der Waals surface area contributed by atoms with Crippen LogP contribution in [-0.2, 0) is 4.79 Å². The van der Waals surface area contributed by atoms with Gasteiger partial charge in [0.15, 0.2) is 5.84 Å². The van der Waals surface area contributed by atoms with Crippen LogP contribution in [0.25, 0.3) is 6.08 Å².